The van der Waals surface area contributed by atoms with Crippen molar-refractivity contribution in [2.45, 2.75) is 13.3 Å². The van der Waals surface area contributed by atoms with Crippen LogP contribution in [0, 0.1) is 0 Å². The van der Waals surface area contributed by atoms with Crippen LogP contribution in [-0.2, 0) is 6.42 Å². The van der Waals surface area contributed by atoms with Crippen LogP contribution in [0.4, 0.5) is 0 Å². The van der Waals surface area contributed by atoms with Gasteiger partial charge in [0.2, 0.25) is 0 Å². The first-order chi connectivity index (χ1) is 5.63. The van der Waals surface area contributed by atoms with Crippen LogP contribution < -0.4 is 0 Å². The molecule has 0 radical (unpaired) electrons. The number of carboxylic acids is 1. The molecule has 4 heteroatoms. The molecular formula is C8H8ClNO2. The number of aromatic nitrogens is 1. The molecular weight excluding hydrogens is 178 g/mol. The highest BCUT2D eigenvalue weighted by atomic mass is 35.5. The van der Waals surface area contributed by atoms with E-state index in [0.29, 0.717) is 0 Å². The molecule has 1 N–H and O–H groups in total. The molecule has 0 amide bonds. The molecule has 3 nitrogen and oxygen atoms in total. The molecule has 0 aliphatic carbocycles. The molecule has 0 atom stereocenters. The molecule has 0 unspecified atom stereocenters. The van der Waals surface area contributed by atoms with Crippen LogP contribution in [0.2, 0.25) is 5.15 Å². The number of nitrogens with zero attached hydrogens (tertiary/aromatic N) is 1. The quantitative estimate of drug-likeness (QED) is 0.717. The Hall–Kier alpha value is -1.09. The van der Waals surface area contributed by atoms with Gasteiger partial charge in [0.1, 0.15) is 10.8 Å². The second-order valence-electron chi connectivity index (χ2n) is 2.34. The predicted molar refractivity (Wildman–Crippen MR) is 45.6 cm³/mol. The van der Waals surface area contributed by atoms with Gasteiger partial charge in [-0.15, -0.1) is 0 Å². The number of aromatic carboxylic acids is 1. The Bertz CT molecular complexity index is 312. The minimum atomic E-state index is -1.05. The summed E-state index contributed by atoms with van der Waals surface area (Å²) in [5.41, 5.74) is 0.881. The molecule has 0 aromatic carbocycles. The van der Waals surface area contributed by atoms with E-state index in [1.165, 1.54) is 6.07 Å². The van der Waals surface area contributed by atoms with Crippen LogP contribution in [-0.4, -0.2) is 16.1 Å². The maximum Gasteiger partial charge on any atom is 0.354 e. The van der Waals surface area contributed by atoms with E-state index in [1.807, 2.05) is 6.92 Å². The number of carbonyl (C=O) groups is 1. The third-order valence-electron chi connectivity index (χ3n) is 1.48. The van der Waals surface area contributed by atoms with Gasteiger partial charge in [-0.25, -0.2) is 9.78 Å². The van der Waals surface area contributed by atoms with E-state index < -0.39 is 5.97 Å². The van der Waals surface area contributed by atoms with Crippen molar-refractivity contribution in [1.29, 1.82) is 0 Å². The molecule has 1 aromatic rings. The first-order valence-corrected chi connectivity index (χ1v) is 3.91. The standard InChI is InChI=1S/C8H8ClNO2/c1-2-5-3-6(8(11)12)10-7(9)4-5/h3-4H,2H2,1H3,(H,11,12). The van der Waals surface area contributed by atoms with E-state index in [4.69, 9.17) is 16.7 Å². The van der Waals surface area contributed by atoms with E-state index in [2.05, 4.69) is 4.98 Å². The van der Waals surface area contributed by atoms with Gasteiger partial charge < -0.3 is 5.11 Å². The molecule has 0 saturated carbocycles. The van der Waals surface area contributed by atoms with Crippen molar-refractivity contribution in [2.24, 2.45) is 0 Å². The van der Waals surface area contributed by atoms with Gasteiger partial charge in [0, 0.05) is 0 Å². The lowest BCUT2D eigenvalue weighted by molar-refractivity contribution is 0.0690. The van der Waals surface area contributed by atoms with Crippen LogP contribution in [0.5, 0.6) is 0 Å². The lowest BCUT2D eigenvalue weighted by atomic mass is 10.2. The second-order valence-corrected chi connectivity index (χ2v) is 2.73. The monoisotopic (exact) mass is 185 g/mol. The number of hydrogen-bond donors (Lipinski definition) is 1. The van der Waals surface area contributed by atoms with Crippen molar-refractivity contribution in [3.8, 4) is 0 Å². The Labute approximate surface area is 75.0 Å². The lowest BCUT2D eigenvalue weighted by Crippen LogP contribution is -2.01. The largest absolute Gasteiger partial charge is 0.477 e. The molecule has 1 rings (SSSR count). The normalized spacial score (nSPS) is 9.83. The summed E-state index contributed by atoms with van der Waals surface area (Å²) in [6.07, 6.45) is 0.752. The minimum Gasteiger partial charge on any atom is -0.477 e. The molecule has 0 fully saturated rings. The SMILES string of the molecule is CCc1cc(Cl)nc(C(=O)O)c1. The van der Waals surface area contributed by atoms with Crippen LogP contribution in [0.25, 0.3) is 0 Å². The Kier molecular flexibility index (Phi) is 2.65. The summed E-state index contributed by atoms with van der Waals surface area (Å²) >= 11 is 5.60. The van der Waals surface area contributed by atoms with Gasteiger partial charge in [0.15, 0.2) is 0 Å². The molecule has 1 aromatic heterocycles. The van der Waals surface area contributed by atoms with Gasteiger partial charge in [-0.1, -0.05) is 18.5 Å². The highest BCUT2D eigenvalue weighted by Crippen LogP contribution is 2.11. The average Bonchev–Trinajstić information content (AvgIpc) is 2.03. The Balaban J connectivity index is 3.15. The van der Waals surface area contributed by atoms with Crippen molar-refractivity contribution in [1.82, 2.24) is 4.98 Å². The lowest BCUT2D eigenvalue weighted by Gasteiger charge is -1.99. The highest BCUT2D eigenvalue weighted by Gasteiger charge is 2.06. The van der Waals surface area contributed by atoms with Gasteiger partial charge in [0.05, 0.1) is 0 Å². The fourth-order valence-corrected chi connectivity index (χ4v) is 1.09. The van der Waals surface area contributed by atoms with Crippen molar-refractivity contribution in [3.05, 3.63) is 28.5 Å². The summed E-state index contributed by atoms with van der Waals surface area (Å²) < 4.78 is 0. The molecule has 0 spiro atoms. The molecule has 1 heterocycles. The van der Waals surface area contributed by atoms with E-state index >= 15 is 0 Å². The third-order valence-corrected chi connectivity index (χ3v) is 1.67. The van der Waals surface area contributed by atoms with Crippen molar-refractivity contribution in [3.63, 3.8) is 0 Å². The summed E-state index contributed by atoms with van der Waals surface area (Å²) in [5.74, 6) is -1.05. The summed E-state index contributed by atoms with van der Waals surface area (Å²) in [6.45, 7) is 1.93. The fraction of sp³-hybridized carbons (Fsp3) is 0.250. The summed E-state index contributed by atoms with van der Waals surface area (Å²) in [7, 11) is 0. The van der Waals surface area contributed by atoms with Gasteiger partial charge in [-0.05, 0) is 24.1 Å². The molecule has 12 heavy (non-hydrogen) atoms. The van der Waals surface area contributed by atoms with Gasteiger partial charge in [0.25, 0.3) is 0 Å². The van der Waals surface area contributed by atoms with Crippen LogP contribution in [0.1, 0.15) is 23.0 Å². The Morgan fingerprint density at radius 1 is 1.67 bits per heavy atom. The Morgan fingerprint density at radius 2 is 2.33 bits per heavy atom. The molecule has 0 saturated heterocycles. The smallest absolute Gasteiger partial charge is 0.354 e. The van der Waals surface area contributed by atoms with Crippen molar-refractivity contribution >= 4 is 17.6 Å². The zero-order valence-electron chi connectivity index (χ0n) is 6.54. The van der Waals surface area contributed by atoms with E-state index in [0.717, 1.165) is 12.0 Å². The predicted octanol–water partition coefficient (Wildman–Crippen LogP) is 2.00. The highest BCUT2D eigenvalue weighted by molar-refractivity contribution is 6.29. The summed E-state index contributed by atoms with van der Waals surface area (Å²) in [6, 6.07) is 3.18. The van der Waals surface area contributed by atoms with Crippen LogP contribution in [0.15, 0.2) is 12.1 Å². The van der Waals surface area contributed by atoms with Crippen molar-refractivity contribution in [2.75, 3.05) is 0 Å². The Morgan fingerprint density at radius 3 is 2.83 bits per heavy atom. The second kappa shape index (κ2) is 3.54. The van der Waals surface area contributed by atoms with Gasteiger partial charge >= 0.3 is 5.97 Å². The van der Waals surface area contributed by atoms with E-state index in [9.17, 15) is 4.79 Å². The summed E-state index contributed by atoms with van der Waals surface area (Å²) in [4.78, 5) is 14.1. The van der Waals surface area contributed by atoms with E-state index in [1.54, 1.807) is 6.07 Å². The first kappa shape index (κ1) is 9.00. The minimum absolute atomic E-state index is 0.000602. The zero-order valence-corrected chi connectivity index (χ0v) is 7.30. The van der Waals surface area contributed by atoms with Gasteiger partial charge in [-0.2, -0.15) is 0 Å². The number of carboxylic acid groups (broad SMARTS) is 1. The number of rotatable bonds is 2. The average molecular weight is 186 g/mol. The van der Waals surface area contributed by atoms with Crippen molar-refractivity contribution < 1.29 is 9.90 Å². The van der Waals surface area contributed by atoms with E-state index in [-0.39, 0.29) is 10.8 Å². The number of hydrogen-bond acceptors (Lipinski definition) is 2. The molecule has 0 bridgehead atoms. The van der Waals surface area contributed by atoms with Crippen LogP contribution >= 0.6 is 11.6 Å². The number of halogens is 1. The number of aryl methyl sites for hydroxylation is 1. The summed E-state index contributed by atoms with van der Waals surface area (Å²) in [5, 5.41) is 8.84. The fourth-order valence-electron chi connectivity index (χ4n) is 0.864. The van der Waals surface area contributed by atoms with Crippen LogP contribution in [0.3, 0.4) is 0 Å². The number of pyridine rings is 1. The zero-order chi connectivity index (χ0) is 9.14. The molecule has 0 aliphatic rings. The first-order valence-electron chi connectivity index (χ1n) is 3.53. The topological polar surface area (TPSA) is 50.2 Å². The maximum atomic E-state index is 10.5. The van der Waals surface area contributed by atoms with Gasteiger partial charge in [-0.3, -0.25) is 0 Å². The molecule has 0 aliphatic heterocycles. The third kappa shape index (κ3) is 1.95. The maximum absolute atomic E-state index is 10.5. The molecule has 64 valence electrons.